The molecule has 0 amide bonds. The fourth-order valence-electron chi connectivity index (χ4n) is 2.50. The van der Waals surface area contributed by atoms with Gasteiger partial charge in [-0.2, -0.15) is 0 Å². The largest absolute Gasteiger partial charge is 0.506 e. The number of hydrogen-bond donors (Lipinski definition) is 2. The van der Waals surface area contributed by atoms with Gasteiger partial charge in [-0.3, -0.25) is 4.98 Å². The van der Waals surface area contributed by atoms with Gasteiger partial charge in [0, 0.05) is 23.3 Å². The predicted octanol–water partition coefficient (Wildman–Crippen LogP) is 4.56. The number of anilines is 2. The molecule has 0 fully saturated rings. The second-order valence-corrected chi connectivity index (χ2v) is 5.30. The van der Waals surface area contributed by atoms with Crippen LogP contribution in [0, 0.1) is 0 Å². The predicted molar refractivity (Wildman–Crippen MR) is 101 cm³/mol. The van der Waals surface area contributed by atoms with Crippen molar-refractivity contribution in [2.45, 2.75) is 0 Å². The molecule has 2 heterocycles. The zero-order chi connectivity index (χ0) is 16.4. The molecule has 0 saturated carbocycles. The fourth-order valence-corrected chi connectivity index (χ4v) is 2.50. The number of halogens is 1. The molecule has 0 aliphatic carbocycles. The number of rotatable bonds is 3. The van der Waals surface area contributed by atoms with Gasteiger partial charge in [0.05, 0.1) is 11.2 Å². The fraction of sp³-hybridized carbons (Fsp3) is 0. The van der Waals surface area contributed by atoms with Crippen molar-refractivity contribution in [1.82, 2.24) is 15.0 Å². The van der Waals surface area contributed by atoms with Crippen LogP contribution in [-0.4, -0.2) is 20.1 Å². The summed E-state index contributed by atoms with van der Waals surface area (Å²) < 4.78 is 0. The Morgan fingerprint density at radius 3 is 2.44 bits per heavy atom. The molecule has 0 spiro atoms. The SMILES string of the molecule is Cl.Oc1ccccc1Nc1nc(-c2cccnc2)nc2ccccc12. The van der Waals surface area contributed by atoms with Gasteiger partial charge in [-0.25, -0.2) is 9.97 Å². The van der Waals surface area contributed by atoms with Gasteiger partial charge in [0.15, 0.2) is 5.82 Å². The van der Waals surface area contributed by atoms with Crippen molar-refractivity contribution in [3.05, 3.63) is 73.1 Å². The van der Waals surface area contributed by atoms with Crippen molar-refractivity contribution in [2.75, 3.05) is 5.32 Å². The van der Waals surface area contributed by atoms with Crippen LogP contribution in [0.1, 0.15) is 0 Å². The first-order chi connectivity index (χ1) is 11.8. The van der Waals surface area contributed by atoms with E-state index < -0.39 is 0 Å². The van der Waals surface area contributed by atoms with Crippen LogP contribution < -0.4 is 5.32 Å². The number of nitrogens with zero attached hydrogens (tertiary/aromatic N) is 3. The Morgan fingerprint density at radius 1 is 0.840 bits per heavy atom. The summed E-state index contributed by atoms with van der Waals surface area (Å²) in [5, 5.41) is 14.1. The number of fused-ring (bicyclic) bond motifs is 1. The summed E-state index contributed by atoms with van der Waals surface area (Å²) in [6.07, 6.45) is 3.44. The first-order valence-electron chi connectivity index (χ1n) is 7.53. The molecule has 4 rings (SSSR count). The van der Waals surface area contributed by atoms with Crippen LogP contribution in [0.15, 0.2) is 73.1 Å². The summed E-state index contributed by atoms with van der Waals surface area (Å²) >= 11 is 0. The number of aromatic nitrogens is 3. The zero-order valence-corrected chi connectivity index (χ0v) is 13.9. The Hall–Kier alpha value is -3.18. The maximum Gasteiger partial charge on any atom is 0.163 e. The molecule has 4 aromatic rings. The van der Waals surface area contributed by atoms with Gasteiger partial charge >= 0.3 is 0 Å². The van der Waals surface area contributed by atoms with E-state index in [1.165, 1.54) is 0 Å². The van der Waals surface area contributed by atoms with E-state index in [9.17, 15) is 5.11 Å². The molecule has 0 bridgehead atoms. The summed E-state index contributed by atoms with van der Waals surface area (Å²) in [6.45, 7) is 0. The molecule has 0 aliphatic rings. The lowest BCUT2D eigenvalue weighted by Gasteiger charge is -2.12. The molecule has 0 unspecified atom stereocenters. The molecule has 124 valence electrons. The van der Waals surface area contributed by atoms with Gasteiger partial charge in [0.2, 0.25) is 0 Å². The molecule has 2 aromatic heterocycles. The van der Waals surface area contributed by atoms with Crippen molar-refractivity contribution in [1.29, 1.82) is 0 Å². The summed E-state index contributed by atoms with van der Waals surface area (Å²) in [6, 6.07) is 18.6. The minimum atomic E-state index is 0. The average Bonchev–Trinajstić information content (AvgIpc) is 2.64. The first-order valence-corrected chi connectivity index (χ1v) is 7.53. The van der Waals surface area contributed by atoms with E-state index in [1.807, 2.05) is 42.5 Å². The van der Waals surface area contributed by atoms with Crippen LogP contribution in [0.4, 0.5) is 11.5 Å². The molecular formula is C19H15ClN4O. The maximum absolute atomic E-state index is 10.0. The minimum absolute atomic E-state index is 0. The third-order valence-corrected chi connectivity index (χ3v) is 3.68. The number of para-hydroxylation sites is 3. The molecule has 25 heavy (non-hydrogen) atoms. The second-order valence-electron chi connectivity index (χ2n) is 5.30. The van der Waals surface area contributed by atoms with Crippen LogP contribution in [0.25, 0.3) is 22.3 Å². The number of nitrogens with one attached hydrogen (secondary N) is 1. The molecule has 5 nitrogen and oxygen atoms in total. The monoisotopic (exact) mass is 350 g/mol. The number of benzene rings is 2. The minimum Gasteiger partial charge on any atom is -0.506 e. The van der Waals surface area contributed by atoms with Gasteiger partial charge in [-0.05, 0) is 36.4 Å². The van der Waals surface area contributed by atoms with Crippen molar-refractivity contribution in [3.63, 3.8) is 0 Å². The van der Waals surface area contributed by atoms with Crippen LogP contribution in [0.2, 0.25) is 0 Å². The highest BCUT2D eigenvalue weighted by atomic mass is 35.5. The van der Waals surface area contributed by atoms with E-state index in [-0.39, 0.29) is 18.2 Å². The molecular weight excluding hydrogens is 336 g/mol. The molecule has 0 atom stereocenters. The van der Waals surface area contributed by atoms with E-state index in [0.29, 0.717) is 17.3 Å². The van der Waals surface area contributed by atoms with E-state index in [1.54, 1.807) is 30.6 Å². The highest BCUT2D eigenvalue weighted by Crippen LogP contribution is 2.30. The third-order valence-electron chi connectivity index (χ3n) is 3.68. The average molecular weight is 351 g/mol. The second kappa shape index (κ2) is 7.15. The number of phenolic OH excluding ortho intramolecular Hbond substituents is 1. The highest BCUT2D eigenvalue weighted by molar-refractivity contribution is 5.92. The number of aromatic hydroxyl groups is 1. The van der Waals surface area contributed by atoms with E-state index in [2.05, 4.69) is 20.3 Å². The number of pyridine rings is 1. The first kappa shape index (κ1) is 16.7. The Labute approximate surface area is 150 Å². The lowest BCUT2D eigenvalue weighted by Crippen LogP contribution is -1.99. The van der Waals surface area contributed by atoms with Crippen molar-refractivity contribution >= 4 is 34.8 Å². The quantitative estimate of drug-likeness (QED) is 0.530. The lowest BCUT2D eigenvalue weighted by atomic mass is 10.2. The van der Waals surface area contributed by atoms with Crippen LogP contribution in [0.3, 0.4) is 0 Å². The topological polar surface area (TPSA) is 70.9 Å². The number of phenols is 1. The molecule has 0 aliphatic heterocycles. The molecule has 0 saturated heterocycles. The van der Waals surface area contributed by atoms with Crippen molar-refractivity contribution in [2.24, 2.45) is 0 Å². The Balaban J connectivity index is 0.00000182. The van der Waals surface area contributed by atoms with Crippen LogP contribution >= 0.6 is 12.4 Å². The number of hydrogen-bond acceptors (Lipinski definition) is 5. The van der Waals surface area contributed by atoms with Crippen LogP contribution in [0.5, 0.6) is 5.75 Å². The molecule has 2 aromatic carbocycles. The van der Waals surface area contributed by atoms with Gasteiger partial charge in [0.25, 0.3) is 0 Å². The summed E-state index contributed by atoms with van der Waals surface area (Å²) in [5.74, 6) is 1.39. The van der Waals surface area contributed by atoms with Crippen LogP contribution in [-0.2, 0) is 0 Å². The standard InChI is InChI=1S/C19H14N4O.ClH/c24-17-10-4-3-9-16(17)22-19-14-7-1-2-8-15(14)21-18(23-19)13-6-5-11-20-12-13;/h1-12,24H,(H,21,22,23);1H. The molecule has 6 heteroatoms. The third kappa shape index (κ3) is 3.36. The normalized spacial score (nSPS) is 10.2. The Kier molecular flexibility index (Phi) is 4.77. The zero-order valence-electron chi connectivity index (χ0n) is 13.1. The Bertz CT molecular complexity index is 1010. The van der Waals surface area contributed by atoms with Crippen molar-refractivity contribution < 1.29 is 5.11 Å². The molecule has 0 radical (unpaired) electrons. The molecule has 2 N–H and O–H groups in total. The van der Waals surface area contributed by atoms with Gasteiger partial charge in [0.1, 0.15) is 11.6 Å². The van der Waals surface area contributed by atoms with E-state index in [0.717, 1.165) is 16.5 Å². The van der Waals surface area contributed by atoms with Gasteiger partial charge in [-0.15, -0.1) is 12.4 Å². The highest BCUT2D eigenvalue weighted by Gasteiger charge is 2.10. The van der Waals surface area contributed by atoms with Gasteiger partial charge in [-0.1, -0.05) is 24.3 Å². The summed E-state index contributed by atoms with van der Waals surface area (Å²) in [7, 11) is 0. The summed E-state index contributed by atoms with van der Waals surface area (Å²) in [5.41, 5.74) is 2.26. The smallest absolute Gasteiger partial charge is 0.163 e. The van der Waals surface area contributed by atoms with E-state index in [4.69, 9.17) is 0 Å². The van der Waals surface area contributed by atoms with Crippen molar-refractivity contribution in [3.8, 4) is 17.1 Å². The Morgan fingerprint density at radius 2 is 1.64 bits per heavy atom. The maximum atomic E-state index is 10.0. The summed E-state index contributed by atoms with van der Waals surface area (Å²) in [4.78, 5) is 13.4. The van der Waals surface area contributed by atoms with Gasteiger partial charge < -0.3 is 10.4 Å². The lowest BCUT2D eigenvalue weighted by molar-refractivity contribution is 0.478. The van der Waals surface area contributed by atoms with E-state index >= 15 is 0 Å².